The molecule has 0 N–H and O–H groups in total. The van der Waals surface area contributed by atoms with Gasteiger partial charge in [0.15, 0.2) is 11.5 Å². The molecule has 0 aliphatic rings. The molecule has 0 saturated heterocycles. The highest BCUT2D eigenvalue weighted by Crippen LogP contribution is 2.42. The van der Waals surface area contributed by atoms with Crippen LogP contribution in [0, 0.1) is 0 Å². The Morgan fingerprint density at radius 2 is 1.89 bits per heavy atom. The van der Waals surface area contributed by atoms with Gasteiger partial charge in [-0.05, 0) is 52.3 Å². The molecule has 6 nitrogen and oxygen atoms in total. The second-order valence-corrected chi connectivity index (χ2v) is 10.5. The molecule has 0 aliphatic heterocycles. The average molecular weight is 675 g/mol. The number of halogens is 5. The lowest BCUT2D eigenvalue weighted by atomic mass is 10.2. The molecule has 0 aliphatic carbocycles. The fraction of sp³-hybridized carbons (Fsp3) is 0.160. The Bertz CT molecular complexity index is 1560. The van der Waals surface area contributed by atoms with Crippen LogP contribution in [-0.2, 0) is 13.0 Å². The predicted octanol–water partition coefficient (Wildman–Crippen LogP) is 7.91. The molecular weight excluding hydrogens is 656 g/mol. The number of aromatic nitrogens is 2. The summed E-state index contributed by atoms with van der Waals surface area (Å²) < 4.78 is 14.1. The lowest BCUT2D eigenvalue weighted by Crippen LogP contribution is -2.22. The first-order chi connectivity index (χ1) is 17.2. The van der Waals surface area contributed by atoms with Crippen LogP contribution >= 0.6 is 66.7 Å². The minimum atomic E-state index is -0.275. The number of fused-ring (bicyclic) bond motifs is 1. The van der Waals surface area contributed by atoms with E-state index in [0.717, 1.165) is 10.0 Å². The van der Waals surface area contributed by atoms with Crippen molar-refractivity contribution in [1.82, 2.24) is 9.66 Å². The molecule has 0 atom stereocenters. The topological polar surface area (TPSA) is 65.7 Å². The molecule has 0 bridgehead atoms. The number of ether oxygens (including phenoxy) is 2. The van der Waals surface area contributed by atoms with Crippen LogP contribution in [0.25, 0.3) is 10.9 Å². The minimum Gasteiger partial charge on any atom is -0.493 e. The van der Waals surface area contributed by atoms with Crippen LogP contribution in [-0.4, -0.2) is 23.0 Å². The van der Waals surface area contributed by atoms with Crippen molar-refractivity contribution in [2.75, 3.05) is 7.11 Å². The Morgan fingerprint density at radius 1 is 1.11 bits per heavy atom. The maximum atomic E-state index is 13.2. The van der Waals surface area contributed by atoms with E-state index in [0.29, 0.717) is 54.7 Å². The average Bonchev–Trinajstić information content (AvgIpc) is 2.86. The number of methoxy groups -OCH3 is 1. The lowest BCUT2D eigenvalue weighted by molar-refractivity contribution is 0.284. The fourth-order valence-electron chi connectivity index (χ4n) is 3.44. The van der Waals surface area contributed by atoms with Crippen LogP contribution in [0.15, 0.2) is 61.3 Å². The van der Waals surface area contributed by atoms with Gasteiger partial charge in [-0.1, -0.05) is 63.7 Å². The van der Waals surface area contributed by atoms with E-state index in [1.54, 1.807) is 36.4 Å². The summed E-state index contributed by atoms with van der Waals surface area (Å²) in [6, 6.07) is 12.2. The molecule has 0 radical (unpaired) electrons. The van der Waals surface area contributed by atoms with Crippen LogP contribution in [0.5, 0.6) is 11.5 Å². The Hall–Kier alpha value is -2.10. The van der Waals surface area contributed by atoms with E-state index in [1.807, 2.05) is 13.0 Å². The van der Waals surface area contributed by atoms with Crippen molar-refractivity contribution in [3.8, 4) is 11.5 Å². The van der Waals surface area contributed by atoms with E-state index in [2.05, 4.69) is 41.9 Å². The zero-order valence-corrected chi connectivity index (χ0v) is 24.4. The Balaban J connectivity index is 1.71. The van der Waals surface area contributed by atoms with E-state index in [4.69, 9.17) is 44.3 Å². The molecule has 0 spiro atoms. The molecule has 1 heterocycles. The van der Waals surface area contributed by atoms with Crippen molar-refractivity contribution >= 4 is 83.8 Å². The van der Waals surface area contributed by atoms with Crippen molar-refractivity contribution in [3.63, 3.8) is 0 Å². The molecule has 0 fully saturated rings. The summed E-state index contributed by atoms with van der Waals surface area (Å²) in [5, 5.41) is 6.18. The first-order valence-corrected chi connectivity index (χ1v) is 13.3. The highest BCUT2D eigenvalue weighted by molar-refractivity contribution is 9.10. The maximum Gasteiger partial charge on any atom is 0.282 e. The largest absolute Gasteiger partial charge is 0.493 e. The van der Waals surface area contributed by atoms with Gasteiger partial charge in [0.05, 0.1) is 24.2 Å². The summed E-state index contributed by atoms with van der Waals surface area (Å²) in [4.78, 5) is 17.8. The molecule has 0 saturated carbocycles. The van der Waals surface area contributed by atoms with Gasteiger partial charge in [0.1, 0.15) is 17.5 Å². The molecule has 11 heteroatoms. The third kappa shape index (κ3) is 5.58. The van der Waals surface area contributed by atoms with Crippen LogP contribution in [0.2, 0.25) is 15.1 Å². The molecule has 0 amide bonds. The minimum absolute atomic E-state index is 0.152. The molecule has 4 aromatic rings. The van der Waals surface area contributed by atoms with Crippen LogP contribution in [0.3, 0.4) is 0 Å². The number of hydrogen-bond acceptors (Lipinski definition) is 5. The first-order valence-electron chi connectivity index (χ1n) is 10.6. The fourth-order valence-corrected chi connectivity index (χ4v) is 4.91. The number of aryl methyl sites for hydroxylation is 1. The summed E-state index contributed by atoms with van der Waals surface area (Å²) in [5.41, 5.74) is 1.66. The number of rotatable bonds is 7. The van der Waals surface area contributed by atoms with Gasteiger partial charge < -0.3 is 9.47 Å². The zero-order valence-electron chi connectivity index (χ0n) is 19.0. The number of nitrogens with zero attached hydrogens (tertiary/aromatic N) is 3. The monoisotopic (exact) mass is 671 g/mol. The SMILES string of the molecule is CCc1nc2ccc(Br)cc2c(=O)n1N=Cc1cc(OC)c(OCc2ccc(Cl)cc2Cl)c(Cl)c1Br. The standard InChI is InChI=1S/C25H18Br2Cl3N3O3/c1-3-21-32-19-7-5-15(26)9-17(19)25(34)33(21)31-11-14-8-20(35-2)24(23(30)22(14)27)36-12-13-4-6-16(28)10-18(13)29/h4-11H,3,12H2,1-2H3. The van der Waals surface area contributed by atoms with E-state index in [-0.39, 0.29) is 17.2 Å². The van der Waals surface area contributed by atoms with Gasteiger partial charge in [-0.25, -0.2) is 4.98 Å². The van der Waals surface area contributed by atoms with Crippen LogP contribution < -0.4 is 15.0 Å². The van der Waals surface area contributed by atoms with Gasteiger partial charge in [-0.15, -0.1) is 0 Å². The Labute approximate surface area is 239 Å². The van der Waals surface area contributed by atoms with Gasteiger partial charge in [0.2, 0.25) is 0 Å². The van der Waals surface area contributed by atoms with Gasteiger partial charge in [0, 0.05) is 36.5 Å². The van der Waals surface area contributed by atoms with Crippen molar-refractivity contribution in [2.45, 2.75) is 20.0 Å². The number of hydrogen-bond donors (Lipinski definition) is 0. The molecular formula is C25H18Br2Cl3N3O3. The lowest BCUT2D eigenvalue weighted by Gasteiger charge is -2.16. The summed E-state index contributed by atoms with van der Waals surface area (Å²) in [6.45, 7) is 2.06. The summed E-state index contributed by atoms with van der Waals surface area (Å²) in [5.74, 6) is 1.25. The molecule has 4 rings (SSSR count). The van der Waals surface area contributed by atoms with Crippen molar-refractivity contribution < 1.29 is 9.47 Å². The quantitative estimate of drug-likeness (QED) is 0.187. The molecule has 1 aromatic heterocycles. The molecule has 186 valence electrons. The second-order valence-electron chi connectivity index (χ2n) is 7.55. The molecule has 3 aromatic carbocycles. The van der Waals surface area contributed by atoms with Crippen LogP contribution in [0.1, 0.15) is 23.9 Å². The van der Waals surface area contributed by atoms with Gasteiger partial charge in [-0.3, -0.25) is 4.79 Å². The van der Waals surface area contributed by atoms with E-state index >= 15 is 0 Å². The summed E-state index contributed by atoms with van der Waals surface area (Å²) in [6.07, 6.45) is 2.04. The Kier molecular flexibility index (Phi) is 8.63. The third-order valence-corrected chi connectivity index (χ3v) is 7.79. The van der Waals surface area contributed by atoms with Crippen LogP contribution in [0.4, 0.5) is 0 Å². The van der Waals surface area contributed by atoms with E-state index in [1.165, 1.54) is 18.0 Å². The smallest absolute Gasteiger partial charge is 0.282 e. The first kappa shape index (κ1) is 26.9. The van der Waals surface area contributed by atoms with Crippen molar-refractivity contribution in [1.29, 1.82) is 0 Å². The molecule has 0 unspecified atom stereocenters. The van der Waals surface area contributed by atoms with Gasteiger partial charge in [-0.2, -0.15) is 9.78 Å². The molecule has 36 heavy (non-hydrogen) atoms. The number of benzene rings is 3. The second kappa shape index (κ2) is 11.5. The van der Waals surface area contributed by atoms with Crippen molar-refractivity contribution in [3.05, 3.63) is 93.8 Å². The summed E-state index contributed by atoms with van der Waals surface area (Å²) in [7, 11) is 1.51. The normalized spacial score (nSPS) is 11.4. The van der Waals surface area contributed by atoms with E-state index in [9.17, 15) is 4.79 Å². The third-order valence-electron chi connectivity index (χ3n) is 5.27. The van der Waals surface area contributed by atoms with Crippen molar-refractivity contribution in [2.24, 2.45) is 5.10 Å². The van der Waals surface area contributed by atoms with Gasteiger partial charge >= 0.3 is 0 Å². The zero-order chi connectivity index (χ0) is 26.0. The predicted molar refractivity (Wildman–Crippen MR) is 153 cm³/mol. The summed E-state index contributed by atoms with van der Waals surface area (Å²) >= 11 is 25.8. The maximum absolute atomic E-state index is 13.2. The van der Waals surface area contributed by atoms with E-state index < -0.39 is 0 Å². The highest BCUT2D eigenvalue weighted by atomic mass is 79.9. The van der Waals surface area contributed by atoms with Gasteiger partial charge in [0.25, 0.3) is 5.56 Å². The Morgan fingerprint density at radius 3 is 2.58 bits per heavy atom. The highest BCUT2D eigenvalue weighted by Gasteiger charge is 2.18.